The summed E-state index contributed by atoms with van der Waals surface area (Å²) in [6.07, 6.45) is 0. The van der Waals surface area contributed by atoms with Gasteiger partial charge in [0.25, 0.3) is 0 Å². The average molecular weight is 245 g/mol. The number of nitrogens with two attached hydrogens (primary N) is 1. The SMILES string of the molecule is CCOc1cc(Sc2ccccc2)ccc1N. The van der Waals surface area contributed by atoms with Crippen molar-refractivity contribution >= 4 is 17.4 Å². The Morgan fingerprint density at radius 3 is 2.53 bits per heavy atom. The predicted molar refractivity (Wildman–Crippen MR) is 72.6 cm³/mol. The molecule has 2 aromatic carbocycles. The molecule has 88 valence electrons. The zero-order chi connectivity index (χ0) is 12.1. The van der Waals surface area contributed by atoms with Gasteiger partial charge in [0.05, 0.1) is 12.3 Å². The molecular formula is C14H15NOS. The molecule has 17 heavy (non-hydrogen) atoms. The van der Waals surface area contributed by atoms with E-state index in [1.807, 2.05) is 43.3 Å². The Kier molecular flexibility index (Phi) is 3.94. The molecule has 0 amide bonds. The summed E-state index contributed by atoms with van der Waals surface area (Å²) in [6, 6.07) is 16.1. The molecule has 3 heteroatoms. The summed E-state index contributed by atoms with van der Waals surface area (Å²) in [5.74, 6) is 0.758. The summed E-state index contributed by atoms with van der Waals surface area (Å²) >= 11 is 1.70. The summed E-state index contributed by atoms with van der Waals surface area (Å²) in [4.78, 5) is 2.34. The molecule has 0 saturated carbocycles. The Morgan fingerprint density at radius 2 is 1.82 bits per heavy atom. The lowest BCUT2D eigenvalue weighted by molar-refractivity contribution is 0.341. The van der Waals surface area contributed by atoms with Crippen molar-refractivity contribution in [3.63, 3.8) is 0 Å². The quantitative estimate of drug-likeness (QED) is 0.832. The monoisotopic (exact) mass is 245 g/mol. The molecule has 0 saturated heterocycles. The normalized spacial score (nSPS) is 10.2. The van der Waals surface area contributed by atoms with Crippen LogP contribution >= 0.6 is 11.8 Å². The third kappa shape index (κ3) is 3.17. The standard InChI is InChI=1S/C14H15NOS/c1-2-16-14-10-12(8-9-13(14)15)17-11-6-4-3-5-7-11/h3-10H,2,15H2,1H3. The van der Waals surface area contributed by atoms with Crippen LogP contribution in [0.15, 0.2) is 58.3 Å². The highest BCUT2D eigenvalue weighted by atomic mass is 32.2. The fourth-order valence-electron chi connectivity index (χ4n) is 1.48. The average Bonchev–Trinajstić information content (AvgIpc) is 2.35. The second-order valence-corrected chi connectivity index (χ2v) is 4.69. The van der Waals surface area contributed by atoms with Crippen LogP contribution in [0.3, 0.4) is 0 Å². The highest BCUT2D eigenvalue weighted by molar-refractivity contribution is 7.99. The largest absolute Gasteiger partial charge is 0.492 e. The van der Waals surface area contributed by atoms with Crippen molar-refractivity contribution in [3.05, 3.63) is 48.5 Å². The van der Waals surface area contributed by atoms with E-state index in [9.17, 15) is 0 Å². The summed E-state index contributed by atoms with van der Waals surface area (Å²) in [7, 11) is 0. The smallest absolute Gasteiger partial charge is 0.143 e. The van der Waals surface area contributed by atoms with E-state index in [2.05, 4.69) is 12.1 Å². The van der Waals surface area contributed by atoms with Crippen LogP contribution in [0.2, 0.25) is 0 Å². The minimum absolute atomic E-state index is 0.629. The Bertz CT molecular complexity index is 485. The van der Waals surface area contributed by atoms with Gasteiger partial charge in [-0.15, -0.1) is 0 Å². The molecule has 2 N–H and O–H groups in total. The third-order valence-corrected chi connectivity index (χ3v) is 3.26. The van der Waals surface area contributed by atoms with Crippen LogP contribution in [0.5, 0.6) is 5.75 Å². The molecule has 0 unspecified atom stereocenters. The van der Waals surface area contributed by atoms with Crippen molar-refractivity contribution in [1.29, 1.82) is 0 Å². The third-order valence-electron chi connectivity index (χ3n) is 2.26. The van der Waals surface area contributed by atoms with Gasteiger partial charge >= 0.3 is 0 Å². The molecule has 0 atom stereocenters. The number of hydrogen-bond acceptors (Lipinski definition) is 3. The fourth-order valence-corrected chi connectivity index (χ4v) is 2.35. The first-order valence-electron chi connectivity index (χ1n) is 5.55. The molecule has 0 aliphatic heterocycles. The summed E-state index contributed by atoms with van der Waals surface area (Å²) in [6.45, 7) is 2.58. The van der Waals surface area contributed by atoms with Gasteiger partial charge in [-0.25, -0.2) is 0 Å². The molecule has 0 bridgehead atoms. The maximum Gasteiger partial charge on any atom is 0.143 e. The maximum absolute atomic E-state index is 5.83. The van der Waals surface area contributed by atoms with Gasteiger partial charge in [0, 0.05) is 9.79 Å². The lowest BCUT2D eigenvalue weighted by Crippen LogP contribution is -1.96. The molecule has 0 heterocycles. The zero-order valence-corrected chi connectivity index (χ0v) is 10.5. The van der Waals surface area contributed by atoms with E-state index < -0.39 is 0 Å². The highest BCUT2D eigenvalue weighted by Crippen LogP contribution is 2.32. The molecule has 0 aliphatic rings. The molecule has 0 fully saturated rings. The highest BCUT2D eigenvalue weighted by Gasteiger charge is 2.03. The van der Waals surface area contributed by atoms with E-state index in [1.165, 1.54) is 4.90 Å². The van der Waals surface area contributed by atoms with E-state index in [0.29, 0.717) is 12.3 Å². The van der Waals surface area contributed by atoms with Crippen LogP contribution in [0.25, 0.3) is 0 Å². The van der Waals surface area contributed by atoms with E-state index in [0.717, 1.165) is 10.6 Å². The van der Waals surface area contributed by atoms with Crippen LogP contribution < -0.4 is 10.5 Å². The van der Waals surface area contributed by atoms with Gasteiger partial charge in [-0.05, 0) is 37.3 Å². The molecule has 0 aromatic heterocycles. The van der Waals surface area contributed by atoms with Gasteiger partial charge in [0.2, 0.25) is 0 Å². The van der Waals surface area contributed by atoms with Crippen molar-refractivity contribution < 1.29 is 4.74 Å². The molecule has 2 aromatic rings. The van der Waals surface area contributed by atoms with Crippen molar-refractivity contribution in [2.45, 2.75) is 16.7 Å². The Labute approximate surface area is 106 Å². The zero-order valence-electron chi connectivity index (χ0n) is 9.72. The Balaban J connectivity index is 2.19. The molecule has 0 spiro atoms. The van der Waals surface area contributed by atoms with Gasteiger partial charge in [-0.3, -0.25) is 0 Å². The minimum atomic E-state index is 0.629. The number of rotatable bonds is 4. The first-order valence-corrected chi connectivity index (χ1v) is 6.36. The van der Waals surface area contributed by atoms with Gasteiger partial charge in [-0.2, -0.15) is 0 Å². The van der Waals surface area contributed by atoms with Crippen LogP contribution in [0.4, 0.5) is 5.69 Å². The van der Waals surface area contributed by atoms with Gasteiger partial charge < -0.3 is 10.5 Å². The molecule has 0 radical (unpaired) electrons. The van der Waals surface area contributed by atoms with Crippen LogP contribution in [0.1, 0.15) is 6.92 Å². The number of anilines is 1. The van der Waals surface area contributed by atoms with E-state index in [-0.39, 0.29) is 0 Å². The lowest BCUT2D eigenvalue weighted by Gasteiger charge is -2.08. The summed E-state index contributed by atoms with van der Waals surface area (Å²) in [5.41, 5.74) is 6.52. The van der Waals surface area contributed by atoms with E-state index in [1.54, 1.807) is 11.8 Å². The second kappa shape index (κ2) is 5.64. The van der Waals surface area contributed by atoms with Crippen molar-refractivity contribution in [2.24, 2.45) is 0 Å². The van der Waals surface area contributed by atoms with Crippen LogP contribution in [-0.4, -0.2) is 6.61 Å². The topological polar surface area (TPSA) is 35.2 Å². The Hall–Kier alpha value is -1.61. The lowest BCUT2D eigenvalue weighted by atomic mass is 10.3. The first kappa shape index (κ1) is 11.9. The van der Waals surface area contributed by atoms with Gasteiger partial charge in [0.15, 0.2) is 0 Å². The van der Waals surface area contributed by atoms with Crippen molar-refractivity contribution in [3.8, 4) is 5.75 Å². The summed E-state index contributed by atoms with van der Waals surface area (Å²) < 4.78 is 5.48. The van der Waals surface area contributed by atoms with Crippen molar-refractivity contribution in [1.82, 2.24) is 0 Å². The van der Waals surface area contributed by atoms with E-state index in [4.69, 9.17) is 10.5 Å². The minimum Gasteiger partial charge on any atom is -0.492 e. The van der Waals surface area contributed by atoms with Gasteiger partial charge in [-0.1, -0.05) is 30.0 Å². The van der Waals surface area contributed by atoms with E-state index >= 15 is 0 Å². The fraction of sp³-hybridized carbons (Fsp3) is 0.143. The molecule has 0 aliphatic carbocycles. The Morgan fingerprint density at radius 1 is 1.06 bits per heavy atom. The number of ether oxygens (including phenoxy) is 1. The number of hydrogen-bond donors (Lipinski definition) is 1. The van der Waals surface area contributed by atoms with Crippen LogP contribution in [0, 0.1) is 0 Å². The summed E-state index contributed by atoms with van der Waals surface area (Å²) in [5, 5.41) is 0. The number of nitrogen functional groups attached to an aromatic ring is 1. The molecular weight excluding hydrogens is 230 g/mol. The van der Waals surface area contributed by atoms with Gasteiger partial charge in [0.1, 0.15) is 5.75 Å². The predicted octanol–water partition coefficient (Wildman–Crippen LogP) is 3.82. The number of benzene rings is 2. The molecule has 2 nitrogen and oxygen atoms in total. The molecule has 2 rings (SSSR count). The van der Waals surface area contributed by atoms with Crippen molar-refractivity contribution in [2.75, 3.05) is 12.3 Å². The first-order chi connectivity index (χ1) is 8.29. The maximum atomic E-state index is 5.83. The van der Waals surface area contributed by atoms with Crippen LogP contribution in [-0.2, 0) is 0 Å². The second-order valence-electron chi connectivity index (χ2n) is 3.55.